The predicted molar refractivity (Wildman–Crippen MR) is 76.8 cm³/mol. The molecule has 0 spiro atoms. The number of rotatable bonds is 4. The van der Waals surface area contributed by atoms with E-state index in [-0.39, 0.29) is 17.3 Å². The Hall–Kier alpha value is -1.95. The summed E-state index contributed by atoms with van der Waals surface area (Å²) >= 11 is 0. The number of nitro benzene ring substituents is 1. The lowest BCUT2D eigenvalue weighted by Crippen LogP contribution is -2.19. The molecule has 1 atom stereocenters. The molecule has 1 saturated heterocycles. The van der Waals surface area contributed by atoms with Gasteiger partial charge in [-0.05, 0) is 56.5 Å². The van der Waals surface area contributed by atoms with Crippen molar-refractivity contribution in [3.05, 3.63) is 33.4 Å². The number of benzene rings is 1. The van der Waals surface area contributed by atoms with Gasteiger partial charge in [-0.15, -0.1) is 0 Å². The molecule has 1 heterocycles. The third-order valence-corrected chi connectivity index (χ3v) is 3.72. The summed E-state index contributed by atoms with van der Waals surface area (Å²) in [6.45, 7) is 5.46. The Kier molecular flexibility index (Phi) is 4.34. The van der Waals surface area contributed by atoms with Gasteiger partial charge in [-0.2, -0.15) is 0 Å². The zero-order chi connectivity index (χ0) is 14.7. The van der Waals surface area contributed by atoms with Gasteiger partial charge in [0.05, 0.1) is 4.92 Å². The lowest BCUT2D eigenvalue weighted by atomic mass is 10.0. The fourth-order valence-electron chi connectivity index (χ4n) is 2.40. The number of amides is 1. The maximum absolute atomic E-state index is 12.0. The minimum atomic E-state index is -0.459. The highest BCUT2D eigenvalue weighted by Crippen LogP contribution is 2.28. The van der Waals surface area contributed by atoms with E-state index in [4.69, 9.17) is 0 Å². The topological polar surface area (TPSA) is 84.3 Å². The number of hydrogen-bond acceptors (Lipinski definition) is 4. The minimum absolute atomic E-state index is 0.0500. The fraction of sp³-hybridized carbons (Fsp3) is 0.500. The number of nitrogens with zero attached hydrogens (tertiary/aromatic N) is 1. The lowest BCUT2D eigenvalue weighted by Gasteiger charge is -2.11. The Balaban J connectivity index is 2.13. The van der Waals surface area contributed by atoms with E-state index in [1.807, 2.05) is 13.8 Å². The van der Waals surface area contributed by atoms with Gasteiger partial charge in [0.1, 0.15) is 5.69 Å². The van der Waals surface area contributed by atoms with Crippen LogP contribution in [0.4, 0.5) is 11.4 Å². The average Bonchev–Trinajstić information content (AvgIpc) is 2.85. The summed E-state index contributed by atoms with van der Waals surface area (Å²) in [4.78, 5) is 22.6. The second-order valence-electron chi connectivity index (χ2n) is 5.32. The third-order valence-electron chi connectivity index (χ3n) is 3.72. The van der Waals surface area contributed by atoms with Crippen LogP contribution in [0.15, 0.2) is 12.1 Å². The highest BCUT2D eigenvalue weighted by Gasteiger charge is 2.21. The van der Waals surface area contributed by atoms with Gasteiger partial charge in [-0.3, -0.25) is 14.9 Å². The van der Waals surface area contributed by atoms with Crippen molar-refractivity contribution < 1.29 is 9.72 Å². The van der Waals surface area contributed by atoms with Crippen LogP contribution in [0.25, 0.3) is 0 Å². The van der Waals surface area contributed by atoms with E-state index < -0.39 is 4.92 Å². The van der Waals surface area contributed by atoms with E-state index in [0.29, 0.717) is 12.3 Å². The molecule has 1 fully saturated rings. The number of anilines is 1. The number of aryl methyl sites for hydroxylation is 2. The number of carbonyl (C=O) groups is 1. The second-order valence-corrected chi connectivity index (χ2v) is 5.32. The van der Waals surface area contributed by atoms with Crippen LogP contribution in [0.1, 0.15) is 24.0 Å². The van der Waals surface area contributed by atoms with Gasteiger partial charge in [0.2, 0.25) is 5.91 Å². The summed E-state index contributed by atoms with van der Waals surface area (Å²) in [5.41, 5.74) is 2.00. The van der Waals surface area contributed by atoms with Crippen molar-refractivity contribution >= 4 is 17.3 Å². The molecule has 1 amide bonds. The monoisotopic (exact) mass is 277 g/mol. The molecule has 108 valence electrons. The largest absolute Gasteiger partial charge is 0.320 e. The highest BCUT2D eigenvalue weighted by atomic mass is 16.6. The van der Waals surface area contributed by atoms with Crippen LogP contribution in [-0.2, 0) is 4.79 Å². The SMILES string of the molecule is Cc1cc(NC(=O)CC2CCNC2)c([N+](=O)[O-])cc1C. The van der Waals surface area contributed by atoms with E-state index in [2.05, 4.69) is 10.6 Å². The van der Waals surface area contributed by atoms with Gasteiger partial charge in [0.15, 0.2) is 0 Å². The lowest BCUT2D eigenvalue weighted by molar-refractivity contribution is -0.384. The molecule has 6 heteroatoms. The van der Waals surface area contributed by atoms with Gasteiger partial charge < -0.3 is 10.6 Å². The summed E-state index contributed by atoms with van der Waals surface area (Å²) in [5.74, 6) is 0.158. The number of hydrogen-bond donors (Lipinski definition) is 2. The Morgan fingerprint density at radius 2 is 2.15 bits per heavy atom. The van der Waals surface area contributed by atoms with Gasteiger partial charge in [0.25, 0.3) is 5.69 Å². The summed E-state index contributed by atoms with van der Waals surface area (Å²) in [6.07, 6.45) is 1.37. The first kappa shape index (κ1) is 14.5. The van der Waals surface area contributed by atoms with Crippen LogP contribution in [0.2, 0.25) is 0 Å². The normalized spacial score (nSPS) is 18.0. The molecule has 0 radical (unpaired) electrons. The smallest absolute Gasteiger partial charge is 0.293 e. The summed E-state index contributed by atoms with van der Waals surface area (Å²) in [7, 11) is 0. The van der Waals surface area contributed by atoms with Gasteiger partial charge in [-0.25, -0.2) is 0 Å². The standard InChI is InChI=1S/C14H19N3O3/c1-9-5-12(13(17(19)20)6-10(9)2)16-14(18)7-11-3-4-15-8-11/h5-6,11,15H,3-4,7-8H2,1-2H3,(H,16,18). The molecule has 1 aromatic carbocycles. The van der Waals surface area contributed by atoms with E-state index >= 15 is 0 Å². The van der Waals surface area contributed by atoms with Crippen molar-refractivity contribution in [1.82, 2.24) is 5.32 Å². The van der Waals surface area contributed by atoms with E-state index in [1.165, 1.54) is 6.07 Å². The predicted octanol–water partition coefficient (Wildman–Crippen LogP) is 2.15. The van der Waals surface area contributed by atoms with E-state index in [0.717, 1.165) is 30.6 Å². The molecule has 0 aliphatic carbocycles. The van der Waals surface area contributed by atoms with Crippen molar-refractivity contribution in [3.63, 3.8) is 0 Å². The van der Waals surface area contributed by atoms with Crippen LogP contribution >= 0.6 is 0 Å². The molecule has 1 unspecified atom stereocenters. The zero-order valence-corrected chi connectivity index (χ0v) is 11.7. The van der Waals surface area contributed by atoms with Crippen molar-refractivity contribution in [1.29, 1.82) is 0 Å². The first-order valence-electron chi connectivity index (χ1n) is 6.73. The van der Waals surface area contributed by atoms with Crippen molar-refractivity contribution in [2.75, 3.05) is 18.4 Å². The second kappa shape index (κ2) is 6.00. The van der Waals surface area contributed by atoms with Gasteiger partial charge in [0, 0.05) is 12.5 Å². The third kappa shape index (κ3) is 3.33. The van der Waals surface area contributed by atoms with E-state index in [1.54, 1.807) is 6.07 Å². The summed E-state index contributed by atoms with van der Waals surface area (Å²) in [5, 5.41) is 16.9. The minimum Gasteiger partial charge on any atom is -0.320 e. The molecule has 1 aliphatic heterocycles. The first-order valence-corrected chi connectivity index (χ1v) is 6.73. The first-order chi connectivity index (χ1) is 9.47. The van der Waals surface area contributed by atoms with Crippen LogP contribution in [0.5, 0.6) is 0 Å². The average molecular weight is 277 g/mol. The number of nitro groups is 1. The Bertz CT molecular complexity index is 537. The van der Waals surface area contributed by atoms with Crippen molar-refractivity contribution in [3.8, 4) is 0 Å². The highest BCUT2D eigenvalue weighted by molar-refractivity contribution is 5.93. The van der Waals surface area contributed by atoms with Gasteiger partial charge >= 0.3 is 0 Å². The molecule has 6 nitrogen and oxygen atoms in total. The summed E-state index contributed by atoms with van der Waals surface area (Å²) in [6, 6.07) is 3.17. The molecule has 0 bridgehead atoms. The molecule has 2 N–H and O–H groups in total. The molecule has 1 aliphatic rings. The molecular weight excluding hydrogens is 258 g/mol. The van der Waals surface area contributed by atoms with E-state index in [9.17, 15) is 14.9 Å². The van der Waals surface area contributed by atoms with Crippen LogP contribution in [-0.4, -0.2) is 23.9 Å². The molecule has 2 rings (SSSR count). The molecule has 0 aromatic heterocycles. The summed E-state index contributed by atoms with van der Waals surface area (Å²) < 4.78 is 0. The molecular formula is C14H19N3O3. The Labute approximate surface area is 117 Å². The zero-order valence-electron chi connectivity index (χ0n) is 11.7. The number of nitrogens with one attached hydrogen (secondary N) is 2. The number of carbonyl (C=O) groups excluding carboxylic acids is 1. The van der Waals surface area contributed by atoms with Crippen LogP contribution in [0, 0.1) is 29.9 Å². The Morgan fingerprint density at radius 3 is 2.75 bits per heavy atom. The molecule has 20 heavy (non-hydrogen) atoms. The maximum atomic E-state index is 12.0. The van der Waals surface area contributed by atoms with Crippen molar-refractivity contribution in [2.24, 2.45) is 5.92 Å². The maximum Gasteiger partial charge on any atom is 0.293 e. The quantitative estimate of drug-likeness (QED) is 0.652. The molecule has 1 aromatic rings. The van der Waals surface area contributed by atoms with Gasteiger partial charge in [-0.1, -0.05) is 0 Å². The van der Waals surface area contributed by atoms with Crippen molar-refractivity contribution in [2.45, 2.75) is 26.7 Å². The fourth-order valence-corrected chi connectivity index (χ4v) is 2.40. The van der Waals surface area contributed by atoms with Crippen LogP contribution < -0.4 is 10.6 Å². The Morgan fingerprint density at radius 1 is 1.45 bits per heavy atom. The molecule has 0 saturated carbocycles. The van der Waals surface area contributed by atoms with Crippen LogP contribution in [0.3, 0.4) is 0 Å².